The third-order valence-electron chi connectivity index (χ3n) is 3.66. The fraction of sp³-hybridized carbons (Fsp3) is 0.312. The Kier molecular flexibility index (Phi) is 4.29. The van der Waals surface area contributed by atoms with Crippen LogP contribution in [0.15, 0.2) is 47.2 Å². The minimum Gasteiger partial charge on any atom is -0.377 e. The van der Waals surface area contributed by atoms with E-state index in [0.29, 0.717) is 25.3 Å². The summed E-state index contributed by atoms with van der Waals surface area (Å²) in [6.07, 6.45) is 1.59. The van der Waals surface area contributed by atoms with Crippen LogP contribution in [0.2, 0.25) is 0 Å². The molecule has 2 heterocycles. The van der Waals surface area contributed by atoms with Crippen LogP contribution >= 0.6 is 0 Å². The number of rotatable bonds is 4. The maximum absolute atomic E-state index is 12.4. The molecule has 0 saturated carbocycles. The van der Waals surface area contributed by atoms with E-state index in [1.54, 1.807) is 17.0 Å². The molecule has 0 N–H and O–H groups in total. The van der Waals surface area contributed by atoms with Gasteiger partial charge in [0.2, 0.25) is 0 Å². The van der Waals surface area contributed by atoms with Crippen LogP contribution in [0.1, 0.15) is 27.3 Å². The van der Waals surface area contributed by atoms with Gasteiger partial charge in [-0.3, -0.25) is 9.59 Å². The second kappa shape index (κ2) is 6.53. The molecule has 2 aromatic rings. The van der Waals surface area contributed by atoms with E-state index in [1.807, 2.05) is 18.2 Å². The van der Waals surface area contributed by atoms with Crippen molar-refractivity contribution in [1.82, 2.24) is 10.1 Å². The smallest absolute Gasteiger partial charge is 0.276 e. The average Bonchev–Trinajstić information content (AvgIpc) is 3.10. The lowest BCUT2D eigenvalue weighted by atomic mass is 10.0. The summed E-state index contributed by atoms with van der Waals surface area (Å²) in [4.78, 5) is 26.4. The number of hydrogen-bond donors (Lipinski definition) is 0. The van der Waals surface area contributed by atoms with Crippen molar-refractivity contribution in [2.45, 2.75) is 12.5 Å². The molecule has 1 amide bonds. The highest BCUT2D eigenvalue weighted by Gasteiger charge is 2.31. The van der Waals surface area contributed by atoms with Gasteiger partial charge in [0, 0.05) is 24.6 Å². The molecule has 0 radical (unpaired) electrons. The summed E-state index contributed by atoms with van der Waals surface area (Å²) >= 11 is 0. The van der Waals surface area contributed by atoms with Crippen molar-refractivity contribution >= 4 is 11.7 Å². The van der Waals surface area contributed by atoms with E-state index in [1.165, 1.54) is 12.3 Å². The van der Waals surface area contributed by atoms with Crippen molar-refractivity contribution < 1.29 is 18.8 Å². The molecule has 0 unspecified atom stereocenters. The van der Waals surface area contributed by atoms with Crippen LogP contribution in [-0.2, 0) is 4.74 Å². The minimum absolute atomic E-state index is 0.00551. The minimum atomic E-state index is -0.286. The molecule has 1 saturated heterocycles. The number of morpholine rings is 1. The molecular formula is C16H16N2O4. The highest BCUT2D eigenvalue weighted by Crippen LogP contribution is 2.17. The van der Waals surface area contributed by atoms with Crippen molar-refractivity contribution in [2.75, 3.05) is 19.8 Å². The summed E-state index contributed by atoms with van der Waals surface area (Å²) in [5.41, 5.74) is 0.890. The van der Waals surface area contributed by atoms with E-state index in [4.69, 9.17) is 9.26 Å². The van der Waals surface area contributed by atoms with E-state index in [-0.39, 0.29) is 29.8 Å². The van der Waals surface area contributed by atoms with Gasteiger partial charge in [0.05, 0.1) is 19.3 Å². The molecule has 1 aliphatic rings. The second-order valence-electron chi connectivity index (χ2n) is 5.11. The molecule has 6 nitrogen and oxygen atoms in total. The molecule has 0 bridgehead atoms. The van der Waals surface area contributed by atoms with Crippen LogP contribution in [0.25, 0.3) is 0 Å². The number of nitrogens with zero attached hydrogens (tertiary/aromatic N) is 2. The third-order valence-corrected chi connectivity index (χ3v) is 3.66. The summed E-state index contributed by atoms with van der Waals surface area (Å²) in [7, 11) is 0. The van der Waals surface area contributed by atoms with E-state index in [0.717, 1.165) is 0 Å². The standard InChI is InChI=1S/C16H16N2O4/c19-15(12-4-2-1-3-5-12)10-13-11-21-9-7-18(13)16(20)14-6-8-22-17-14/h1-6,8,13H,7,9-11H2/t13-/m0/s1. The van der Waals surface area contributed by atoms with Crippen LogP contribution in [0.5, 0.6) is 0 Å². The van der Waals surface area contributed by atoms with Crippen LogP contribution in [0, 0.1) is 0 Å². The van der Waals surface area contributed by atoms with Crippen molar-refractivity contribution in [1.29, 1.82) is 0 Å². The summed E-state index contributed by atoms with van der Waals surface area (Å²) < 4.78 is 10.1. The molecule has 1 atom stereocenters. The Morgan fingerprint density at radius 3 is 2.77 bits per heavy atom. The predicted molar refractivity (Wildman–Crippen MR) is 77.5 cm³/mol. The molecule has 114 valence electrons. The van der Waals surface area contributed by atoms with Gasteiger partial charge in [-0.15, -0.1) is 0 Å². The van der Waals surface area contributed by atoms with E-state index in [2.05, 4.69) is 5.16 Å². The monoisotopic (exact) mass is 300 g/mol. The molecule has 1 aliphatic heterocycles. The van der Waals surface area contributed by atoms with E-state index >= 15 is 0 Å². The van der Waals surface area contributed by atoms with Gasteiger partial charge in [0.15, 0.2) is 11.5 Å². The topological polar surface area (TPSA) is 72.6 Å². The molecule has 6 heteroatoms. The van der Waals surface area contributed by atoms with E-state index < -0.39 is 0 Å². The van der Waals surface area contributed by atoms with Gasteiger partial charge in [-0.2, -0.15) is 0 Å². The van der Waals surface area contributed by atoms with Crippen LogP contribution in [0.4, 0.5) is 0 Å². The van der Waals surface area contributed by atoms with Gasteiger partial charge in [0.1, 0.15) is 6.26 Å². The Hall–Kier alpha value is -2.47. The van der Waals surface area contributed by atoms with Crippen molar-refractivity contribution in [3.63, 3.8) is 0 Å². The first-order valence-corrected chi connectivity index (χ1v) is 7.13. The Bertz CT molecular complexity index is 639. The van der Waals surface area contributed by atoms with E-state index in [9.17, 15) is 9.59 Å². The summed E-state index contributed by atoms with van der Waals surface area (Å²) in [5, 5.41) is 3.67. The Labute approximate surface area is 127 Å². The number of carbonyl (C=O) groups is 2. The van der Waals surface area contributed by atoms with Crippen molar-refractivity contribution in [2.24, 2.45) is 0 Å². The lowest BCUT2D eigenvalue weighted by Crippen LogP contribution is -2.49. The van der Waals surface area contributed by atoms with Crippen LogP contribution < -0.4 is 0 Å². The van der Waals surface area contributed by atoms with Crippen LogP contribution in [-0.4, -0.2) is 47.5 Å². The number of ether oxygens (including phenoxy) is 1. The van der Waals surface area contributed by atoms with Gasteiger partial charge in [-0.05, 0) is 0 Å². The number of ketones is 1. The van der Waals surface area contributed by atoms with Gasteiger partial charge < -0.3 is 14.2 Å². The molecule has 1 fully saturated rings. The number of Topliss-reactive ketones (excluding diaryl/α,β-unsaturated/α-hetero) is 1. The maximum atomic E-state index is 12.4. The fourth-order valence-corrected chi connectivity index (χ4v) is 2.52. The quantitative estimate of drug-likeness (QED) is 0.805. The zero-order chi connectivity index (χ0) is 15.4. The molecule has 0 spiro atoms. The summed E-state index contributed by atoms with van der Waals surface area (Å²) in [6.45, 7) is 1.25. The molecule has 0 aliphatic carbocycles. The highest BCUT2D eigenvalue weighted by molar-refractivity contribution is 5.97. The lowest BCUT2D eigenvalue weighted by molar-refractivity contribution is -0.00329. The van der Waals surface area contributed by atoms with Gasteiger partial charge in [0.25, 0.3) is 5.91 Å². The number of hydrogen-bond acceptors (Lipinski definition) is 5. The summed E-state index contributed by atoms with van der Waals surface area (Å²) in [5.74, 6) is -0.239. The number of benzene rings is 1. The second-order valence-corrected chi connectivity index (χ2v) is 5.11. The molecule has 22 heavy (non-hydrogen) atoms. The number of aromatic nitrogens is 1. The van der Waals surface area contributed by atoms with Gasteiger partial charge >= 0.3 is 0 Å². The molecule has 3 rings (SSSR count). The normalized spacial score (nSPS) is 18.2. The number of carbonyl (C=O) groups excluding carboxylic acids is 2. The average molecular weight is 300 g/mol. The Morgan fingerprint density at radius 2 is 2.05 bits per heavy atom. The molecular weight excluding hydrogens is 284 g/mol. The zero-order valence-electron chi connectivity index (χ0n) is 12.0. The van der Waals surface area contributed by atoms with Crippen molar-refractivity contribution in [3.05, 3.63) is 53.9 Å². The lowest BCUT2D eigenvalue weighted by Gasteiger charge is -2.34. The van der Waals surface area contributed by atoms with Crippen LogP contribution in [0.3, 0.4) is 0 Å². The predicted octanol–water partition coefficient (Wildman–Crippen LogP) is 1.79. The fourth-order valence-electron chi connectivity index (χ4n) is 2.52. The largest absolute Gasteiger partial charge is 0.377 e. The third kappa shape index (κ3) is 3.07. The maximum Gasteiger partial charge on any atom is 0.276 e. The summed E-state index contributed by atoms with van der Waals surface area (Å²) in [6, 6.07) is 10.3. The van der Waals surface area contributed by atoms with Gasteiger partial charge in [-0.1, -0.05) is 35.5 Å². The first-order chi connectivity index (χ1) is 10.8. The Balaban J connectivity index is 1.73. The van der Waals surface area contributed by atoms with Crippen molar-refractivity contribution in [3.8, 4) is 0 Å². The zero-order valence-corrected chi connectivity index (χ0v) is 12.0. The first-order valence-electron chi connectivity index (χ1n) is 7.13. The van der Waals surface area contributed by atoms with Gasteiger partial charge in [-0.25, -0.2) is 0 Å². The molecule has 1 aromatic heterocycles. The Morgan fingerprint density at radius 1 is 1.23 bits per heavy atom. The SMILES string of the molecule is O=C(C[C@H]1COCCN1C(=O)c1ccon1)c1ccccc1. The first kappa shape index (κ1) is 14.5. The molecule has 1 aromatic carbocycles. The number of amides is 1. The highest BCUT2D eigenvalue weighted by atomic mass is 16.5.